The first-order valence-corrected chi connectivity index (χ1v) is 8.37. The summed E-state index contributed by atoms with van der Waals surface area (Å²) < 4.78 is 11.2. The van der Waals surface area contributed by atoms with Crippen LogP contribution in [0.1, 0.15) is 30.4 Å². The predicted molar refractivity (Wildman–Crippen MR) is 91.0 cm³/mol. The number of nitrogens with zero attached hydrogens (tertiary/aromatic N) is 1. The molecule has 5 nitrogen and oxygen atoms in total. The summed E-state index contributed by atoms with van der Waals surface area (Å²) >= 11 is 0. The van der Waals surface area contributed by atoms with E-state index in [1.54, 1.807) is 4.90 Å². The molecule has 23 heavy (non-hydrogen) atoms. The van der Waals surface area contributed by atoms with E-state index < -0.39 is 0 Å². The Balaban J connectivity index is 1.66. The molecule has 0 radical (unpaired) electrons. The molecule has 1 N–H and O–H groups in total. The molecule has 0 unspecified atom stereocenters. The van der Waals surface area contributed by atoms with E-state index in [4.69, 9.17) is 9.47 Å². The number of carbonyl (C=O) groups is 1. The SMILES string of the molecule is Cc1cccc(C)c1OCCCNC(=O)N(C)C1CCOCC1. The van der Waals surface area contributed by atoms with Crippen molar-refractivity contribution in [2.45, 2.75) is 39.2 Å². The largest absolute Gasteiger partial charge is 0.493 e. The molecule has 1 fully saturated rings. The summed E-state index contributed by atoms with van der Waals surface area (Å²) in [5.74, 6) is 0.957. The minimum absolute atomic E-state index is 0.0102. The summed E-state index contributed by atoms with van der Waals surface area (Å²) in [5.41, 5.74) is 2.29. The fraction of sp³-hybridized carbons (Fsp3) is 0.611. The van der Waals surface area contributed by atoms with Gasteiger partial charge in [-0.3, -0.25) is 0 Å². The van der Waals surface area contributed by atoms with Gasteiger partial charge in [-0.15, -0.1) is 0 Å². The molecular weight excluding hydrogens is 292 g/mol. The van der Waals surface area contributed by atoms with Gasteiger partial charge in [0.1, 0.15) is 5.75 Å². The fourth-order valence-electron chi connectivity index (χ4n) is 2.83. The number of urea groups is 1. The average Bonchev–Trinajstić information content (AvgIpc) is 2.56. The molecule has 1 aliphatic rings. The third-order valence-electron chi connectivity index (χ3n) is 4.31. The molecule has 0 bridgehead atoms. The van der Waals surface area contributed by atoms with Crippen LogP contribution >= 0.6 is 0 Å². The zero-order valence-corrected chi connectivity index (χ0v) is 14.4. The highest BCUT2D eigenvalue weighted by Crippen LogP contribution is 2.22. The van der Waals surface area contributed by atoms with Gasteiger partial charge in [0.2, 0.25) is 0 Å². The minimum atomic E-state index is -0.0102. The van der Waals surface area contributed by atoms with Gasteiger partial charge in [-0.05, 0) is 44.2 Å². The van der Waals surface area contributed by atoms with Crippen molar-refractivity contribution in [2.75, 3.05) is 33.4 Å². The third-order valence-corrected chi connectivity index (χ3v) is 4.31. The van der Waals surface area contributed by atoms with Gasteiger partial charge in [0.15, 0.2) is 0 Å². The molecule has 2 rings (SSSR count). The smallest absolute Gasteiger partial charge is 0.317 e. The summed E-state index contributed by atoms with van der Waals surface area (Å²) in [6, 6.07) is 6.41. The van der Waals surface area contributed by atoms with Crippen molar-refractivity contribution in [2.24, 2.45) is 0 Å². The first-order valence-electron chi connectivity index (χ1n) is 8.37. The van der Waals surface area contributed by atoms with Crippen molar-refractivity contribution >= 4 is 6.03 Å². The number of para-hydroxylation sites is 1. The summed E-state index contributed by atoms with van der Waals surface area (Å²) in [6.45, 7) is 6.81. The Labute approximate surface area is 139 Å². The number of carbonyl (C=O) groups excluding carboxylic acids is 1. The van der Waals surface area contributed by atoms with Gasteiger partial charge in [-0.1, -0.05) is 18.2 Å². The molecule has 1 aromatic rings. The Bertz CT molecular complexity index is 493. The second kappa shape index (κ2) is 8.77. The van der Waals surface area contributed by atoms with Crippen molar-refractivity contribution < 1.29 is 14.3 Å². The maximum atomic E-state index is 12.1. The summed E-state index contributed by atoms with van der Waals surface area (Å²) in [4.78, 5) is 13.9. The Morgan fingerprint density at radius 3 is 2.61 bits per heavy atom. The van der Waals surface area contributed by atoms with E-state index in [0.717, 1.165) is 49.4 Å². The lowest BCUT2D eigenvalue weighted by Gasteiger charge is -2.31. The number of rotatable bonds is 6. The lowest BCUT2D eigenvalue weighted by atomic mass is 10.1. The van der Waals surface area contributed by atoms with Crippen molar-refractivity contribution in [1.29, 1.82) is 0 Å². The molecular formula is C18H28N2O3. The van der Waals surface area contributed by atoms with Crippen LogP contribution in [0.3, 0.4) is 0 Å². The van der Waals surface area contributed by atoms with Crippen LogP contribution in [0.5, 0.6) is 5.75 Å². The van der Waals surface area contributed by atoms with E-state index >= 15 is 0 Å². The average molecular weight is 320 g/mol. The van der Waals surface area contributed by atoms with Crippen LogP contribution < -0.4 is 10.1 Å². The Kier molecular flexibility index (Phi) is 6.71. The van der Waals surface area contributed by atoms with Crippen molar-refractivity contribution in [3.05, 3.63) is 29.3 Å². The molecule has 2 amide bonds. The van der Waals surface area contributed by atoms with Crippen LogP contribution in [-0.4, -0.2) is 50.4 Å². The number of hydrogen-bond donors (Lipinski definition) is 1. The molecule has 0 aliphatic carbocycles. The van der Waals surface area contributed by atoms with Crippen LogP contribution in [-0.2, 0) is 4.74 Å². The topological polar surface area (TPSA) is 50.8 Å². The Hall–Kier alpha value is -1.75. The standard InChI is InChI=1S/C18H28N2O3/c1-14-6-4-7-15(2)17(14)23-11-5-10-19-18(21)20(3)16-8-12-22-13-9-16/h4,6-7,16H,5,8-13H2,1-3H3,(H,19,21). The first-order chi connectivity index (χ1) is 11.1. The van der Waals surface area contributed by atoms with Gasteiger partial charge >= 0.3 is 6.03 Å². The Morgan fingerprint density at radius 2 is 1.96 bits per heavy atom. The lowest BCUT2D eigenvalue weighted by Crippen LogP contribution is -2.46. The van der Waals surface area contributed by atoms with Crippen molar-refractivity contribution in [1.82, 2.24) is 10.2 Å². The second-order valence-electron chi connectivity index (χ2n) is 6.11. The summed E-state index contributed by atoms with van der Waals surface area (Å²) in [5, 5.41) is 2.96. The van der Waals surface area contributed by atoms with E-state index in [2.05, 4.69) is 5.32 Å². The van der Waals surface area contributed by atoms with Crippen LogP contribution in [0.15, 0.2) is 18.2 Å². The molecule has 1 saturated heterocycles. The number of amides is 2. The van der Waals surface area contributed by atoms with Gasteiger partial charge in [0.25, 0.3) is 0 Å². The fourth-order valence-corrected chi connectivity index (χ4v) is 2.83. The molecule has 0 aromatic heterocycles. The van der Waals surface area contributed by atoms with Crippen LogP contribution in [0.2, 0.25) is 0 Å². The van der Waals surface area contributed by atoms with Gasteiger partial charge in [-0.2, -0.15) is 0 Å². The molecule has 128 valence electrons. The van der Waals surface area contributed by atoms with E-state index in [1.807, 2.05) is 39.1 Å². The second-order valence-corrected chi connectivity index (χ2v) is 6.11. The number of hydrogen-bond acceptors (Lipinski definition) is 3. The van der Waals surface area contributed by atoms with Gasteiger partial charge in [0, 0.05) is 32.8 Å². The molecule has 0 spiro atoms. The number of benzene rings is 1. The van der Waals surface area contributed by atoms with Gasteiger partial charge in [-0.25, -0.2) is 4.79 Å². The van der Waals surface area contributed by atoms with Crippen LogP contribution in [0.4, 0.5) is 4.79 Å². The van der Waals surface area contributed by atoms with E-state index in [0.29, 0.717) is 13.2 Å². The molecule has 1 aromatic carbocycles. The molecule has 5 heteroatoms. The van der Waals surface area contributed by atoms with Crippen molar-refractivity contribution in [3.63, 3.8) is 0 Å². The maximum absolute atomic E-state index is 12.1. The Morgan fingerprint density at radius 1 is 1.30 bits per heavy atom. The third kappa shape index (κ3) is 5.13. The monoisotopic (exact) mass is 320 g/mol. The highest BCUT2D eigenvalue weighted by Gasteiger charge is 2.21. The van der Waals surface area contributed by atoms with E-state index in [9.17, 15) is 4.79 Å². The predicted octanol–water partition coefficient (Wildman–Crippen LogP) is 2.89. The quantitative estimate of drug-likeness (QED) is 0.820. The van der Waals surface area contributed by atoms with E-state index in [-0.39, 0.29) is 12.1 Å². The molecule has 0 saturated carbocycles. The molecule has 1 aliphatic heterocycles. The van der Waals surface area contributed by atoms with E-state index in [1.165, 1.54) is 0 Å². The highest BCUT2D eigenvalue weighted by atomic mass is 16.5. The van der Waals surface area contributed by atoms with Gasteiger partial charge < -0.3 is 19.7 Å². The summed E-state index contributed by atoms with van der Waals surface area (Å²) in [6.07, 6.45) is 2.63. The normalized spacial score (nSPS) is 15.3. The summed E-state index contributed by atoms with van der Waals surface area (Å²) in [7, 11) is 1.86. The molecule has 1 heterocycles. The molecule has 0 atom stereocenters. The highest BCUT2D eigenvalue weighted by molar-refractivity contribution is 5.74. The zero-order valence-electron chi connectivity index (χ0n) is 14.4. The first kappa shape index (κ1) is 17.6. The van der Waals surface area contributed by atoms with Gasteiger partial charge in [0.05, 0.1) is 6.61 Å². The number of ether oxygens (including phenoxy) is 2. The van der Waals surface area contributed by atoms with Crippen LogP contribution in [0, 0.1) is 13.8 Å². The van der Waals surface area contributed by atoms with Crippen molar-refractivity contribution in [3.8, 4) is 5.75 Å². The number of nitrogens with one attached hydrogen (secondary N) is 1. The number of aryl methyl sites for hydroxylation is 2. The minimum Gasteiger partial charge on any atom is -0.493 e. The maximum Gasteiger partial charge on any atom is 0.317 e. The zero-order chi connectivity index (χ0) is 16.7. The van der Waals surface area contributed by atoms with Crippen LogP contribution in [0.25, 0.3) is 0 Å². The lowest BCUT2D eigenvalue weighted by molar-refractivity contribution is 0.0526.